The van der Waals surface area contributed by atoms with Gasteiger partial charge in [-0.2, -0.15) is 0 Å². The fourth-order valence-electron chi connectivity index (χ4n) is 4.83. The van der Waals surface area contributed by atoms with E-state index < -0.39 is 28.5 Å². The molecule has 4 rings (SSSR count). The minimum absolute atomic E-state index is 0.0185. The number of sulfonamides is 1. The minimum atomic E-state index is -4.21. The number of methoxy groups -OCH3 is 1. The van der Waals surface area contributed by atoms with E-state index in [0.29, 0.717) is 27.8 Å². The van der Waals surface area contributed by atoms with Crippen LogP contribution in [0.1, 0.15) is 31.4 Å². The van der Waals surface area contributed by atoms with Crippen LogP contribution in [0, 0.1) is 0 Å². The normalized spacial score (nSPS) is 12.5. The van der Waals surface area contributed by atoms with Crippen LogP contribution in [0.3, 0.4) is 0 Å². The van der Waals surface area contributed by atoms with Gasteiger partial charge < -0.3 is 15.0 Å². The summed E-state index contributed by atoms with van der Waals surface area (Å²) in [6.45, 7) is 3.24. The van der Waals surface area contributed by atoms with E-state index in [1.807, 2.05) is 44.2 Å². The summed E-state index contributed by atoms with van der Waals surface area (Å²) in [6, 6.07) is 27.5. The molecule has 46 heavy (non-hydrogen) atoms. The fourth-order valence-corrected chi connectivity index (χ4v) is 6.58. The van der Waals surface area contributed by atoms with E-state index in [0.717, 1.165) is 9.87 Å². The van der Waals surface area contributed by atoms with Gasteiger partial charge in [-0.1, -0.05) is 84.7 Å². The molecule has 1 N–H and O–H groups in total. The standard InChI is InChI=1S/C35H37Cl2N3O5S/c1-4-25(2)38-35(42)33(22-26-11-7-5-8-12-26)39(23-27-15-20-31(36)32(37)21-27)34(41)24-40(28-16-18-29(45-3)19-17-28)46(43,44)30-13-9-6-10-14-30/h5-21,25,33H,4,22-24H2,1-3H3,(H,38,42). The topological polar surface area (TPSA) is 96.0 Å². The number of benzene rings is 4. The van der Waals surface area contributed by atoms with Gasteiger partial charge in [-0.25, -0.2) is 8.42 Å². The maximum atomic E-state index is 14.5. The summed E-state index contributed by atoms with van der Waals surface area (Å²) in [4.78, 5) is 29.9. The van der Waals surface area contributed by atoms with Crippen molar-refractivity contribution in [1.29, 1.82) is 0 Å². The number of carbonyl (C=O) groups excluding carboxylic acids is 2. The third-order valence-electron chi connectivity index (χ3n) is 7.58. The van der Waals surface area contributed by atoms with Crippen molar-refractivity contribution in [1.82, 2.24) is 10.2 Å². The molecule has 0 spiro atoms. The van der Waals surface area contributed by atoms with Crippen molar-refractivity contribution in [3.05, 3.63) is 124 Å². The Labute approximate surface area is 280 Å². The molecule has 0 aliphatic rings. The van der Waals surface area contributed by atoms with E-state index in [2.05, 4.69) is 5.32 Å². The molecule has 4 aromatic carbocycles. The molecule has 0 saturated carbocycles. The largest absolute Gasteiger partial charge is 0.497 e. The van der Waals surface area contributed by atoms with Crippen LogP contribution in [-0.4, -0.2) is 50.9 Å². The molecule has 0 aliphatic heterocycles. The van der Waals surface area contributed by atoms with Crippen molar-refractivity contribution in [2.24, 2.45) is 0 Å². The highest BCUT2D eigenvalue weighted by molar-refractivity contribution is 7.92. The third kappa shape index (κ3) is 8.81. The van der Waals surface area contributed by atoms with Crippen LogP contribution in [0.5, 0.6) is 5.75 Å². The van der Waals surface area contributed by atoms with Crippen molar-refractivity contribution < 1.29 is 22.7 Å². The smallest absolute Gasteiger partial charge is 0.264 e. The van der Waals surface area contributed by atoms with Gasteiger partial charge >= 0.3 is 0 Å². The van der Waals surface area contributed by atoms with Crippen LogP contribution >= 0.6 is 23.2 Å². The Balaban J connectivity index is 1.81. The van der Waals surface area contributed by atoms with Crippen LogP contribution in [0.15, 0.2) is 108 Å². The van der Waals surface area contributed by atoms with Crippen LogP contribution in [-0.2, 0) is 32.6 Å². The molecule has 0 aromatic heterocycles. The molecule has 2 amide bonds. The second-order valence-electron chi connectivity index (χ2n) is 10.8. The average molecular weight is 683 g/mol. The Kier molecular flexibility index (Phi) is 12.1. The second kappa shape index (κ2) is 16.0. The van der Waals surface area contributed by atoms with Gasteiger partial charge in [-0.3, -0.25) is 13.9 Å². The number of ether oxygens (including phenoxy) is 1. The van der Waals surface area contributed by atoms with E-state index in [1.54, 1.807) is 60.7 Å². The molecule has 8 nitrogen and oxygen atoms in total. The number of carbonyl (C=O) groups is 2. The molecule has 0 aliphatic carbocycles. The number of halogens is 2. The van der Waals surface area contributed by atoms with Crippen LogP contribution in [0.25, 0.3) is 0 Å². The second-order valence-corrected chi connectivity index (χ2v) is 13.5. The van der Waals surface area contributed by atoms with Gasteiger partial charge in [-0.05, 0) is 73.0 Å². The number of hydrogen-bond donors (Lipinski definition) is 1. The summed E-state index contributed by atoms with van der Waals surface area (Å²) in [7, 11) is -2.70. The molecule has 4 aromatic rings. The van der Waals surface area contributed by atoms with E-state index >= 15 is 0 Å². The highest BCUT2D eigenvalue weighted by Gasteiger charge is 2.35. The summed E-state index contributed by atoms with van der Waals surface area (Å²) in [5.74, 6) is -0.409. The lowest BCUT2D eigenvalue weighted by Gasteiger charge is -2.34. The molecule has 0 saturated heterocycles. The summed E-state index contributed by atoms with van der Waals surface area (Å²) in [5, 5.41) is 3.66. The molecule has 11 heteroatoms. The zero-order valence-electron chi connectivity index (χ0n) is 25.9. The van der Waals surface area contributed by atoms with Crippen molar-refractivity contribution in [2.75, 3.05) is 18.0 Å². The molecule has 0 heterocycles. The predicted octanol–water partition coefficient (Wildman–Crippen LogP) is 6.75. The Bertz CT molecular complexity index is 1720. The highest BCUT2D eigenvalue weighted by atomic mass is 35.5. The lowest BCUT2D eigenvalue weighted by molar-refractivity contribution is -0.140. The van der Waals surface area contributed by atoms with Crippen molar-refractivity contribution in [2.45, 2.75) is 50.2 Å². The van der Waals surface area contributed by atoms with E-state index in [1.165, 1.54) is 24.1 Å². The van der Waals surface area contributed by atoms with Gasteiger partial charge in [0.25, 0.3) is 10.0 Å². The SMILES string of the molecule is CCC(C)NC(=O)C(Cc1ccccc1)N(Cc1ccc(Cl)c(Cl)c1)C(=O)CN(c1ccc(OC)cc1)S(=O)(=O)c1ccccc1. The lowest BCUT2D eigenvalue weighted by atomic mass is 10.0. The highest BCUT2D eigenvalue weighted by Crippen LogP contribution is 2.28. The van der Waals surface area contributed by atoms with Crippen LogP contribution in [0.2, 0.25) is 10.0 Å². The van der Waals surface area contributed by atoms with Crippen molar-refractivity contribution >= 4 is 50.7 Å². The van der Waals surface area contributed by atoms with Crippen LogP contribution in [0.4, 0.5) is 5.69 Å². The number of hydrogen-bond acceptors (Lipinski definition) is 5. The lowest BCUT2D eigenvalue weighted by Crippen LogP contribution is -2.54. The van der Waals surface area contributed by atoms with Gasteiger partial charge in [0.05, 0.1) is 27.7 Å². The van der Waals surface area contributed by atoms with Gasteiger partial charge in [0.1, 0.15) is 18.3 Å². The zero-order chi connectivity index (χ0) is 33.3. The summed E-state index contributed by atoms with van der Waals surface area (Å²) in [6.07, 6.45) is 0.884. The Morgan fingerprint density at radius 1 is 0.848 bits per heavy atom. The molecule has 2 unspecified atom stereocenters. The Morgan fingerprint density at radius 3 is 2.07 bits per heavy atom. The summed E-state index contributed by atoms with van der Waals surface area (Å²) in [5.41, 5.74) is 1.72. The average Bonchev–Trinajstić information content (AvgIpc) is 3.07. The number of rotatable bonds is 14. The van der Waals surface area contributed by atoms with Crippen molar-refractivity contribution in [3.8, 4) is 5.75 Å². The van der Waals surface area contributed by atoms with E-state index in [9.17, 15) is 18.0 Å². The number of nitrogens with one attached hydrogen (secondary N) is 1. The van der Waals surface area contributed by atoms with Gasteiger partial charge in [0, 0.05) is 19.0 Å². The molecule has 0 bridgehead atoms. The Morgan fingerprint density at radius 2 is 1.48 bits per heavy atom. The monoisotopic (exact) mass is 681 g/mol. The number of nitrogens with zero attached hydrogens (tertiary/aromatic N) is 2. The first-order valence-corrected chi connectivity index (χ1v) is 17.0. The minimum Gasteiger partial charge on any atom is -0.497 e. The van der Waals surface area contributed by atoms with E-state index in [4.69, 9.17) is 27.9 Å². The summed E-state index contributed by atoms with van der Waals surface area (Å²) < 4.78 is 34.5. The fraction of sp³-hybridized carbons (Fsp3) is 0.257. The maximum absolute atomic E-state index is 14.5. The first-order valence-electron chi connectivity index (χ1n) is 14.8. The van der Waals surface area contributed by atoms with Gasteiger partial charge in [-0.15, -0.1) is 0 Å². The van der Waals surface area contributed by atoms with E-state index in [-0.39, 0.29) is 35.5 Å². The maximum Gasteiger partial charge on any atom is 0.264 e. The number of anilines is 1. The van der Waals surface area contributed by atoms with Crippen molar-refractivity contribution in [3.63, 3.8) is 0 Å². The van der Waals surface area contributed by atoms with Crippen LogP contribution < -0.4 is 14.4 Å². The Hall–Kier alpha value is -4.05. The molecule has 2 atom stereocenters. The number of amides is 2. The zero-order valence-corrected chi connectivity index (χ0v) is 28.2. The molecule has 242 valence electrons. The van der Waals surface area contributed by atoms with Gasteiger partial charge in [0.15, 0.2) is 0 Å². The first-order chi connectivity index (χ1) is 22.0. The molecular weight excluding hydrogens is 645 g/mol. The third-order valence-corrected chi connectivity index (χ3v) is 10.1. The summed E-state index contributed by atoms with van der Waals surface area (Å²) >= 11 is 12.5. The first kappa shape index (κ1) is 34.8. The molecule has 0 radical (unpaired) electrons. The van der Waals surface area contributed by atoms with Gasteiger partial charge in [0.2, 0.25) is 11.8 Å². The molecular formula is C35H37Cl2N3O5S. The quantitative estimate of drug-likeness (QED) is 0.159. The predicted molar refractivity (Wildman–Crippen MR) is 183 cm³/mol. The molecule has 0 fully saturated rings.